The first-order chi connectivity index (χ1) is 14.1. The van der Waals surface area contributed by atoms with E-state index in [4.69, 9.17) is 0 Å². The molecular formula is C24H28N4O. The fourth-order valence-electron chi connectivity index (χ4n) is 3.23. The Hall–Kier alpha value is -3.34. The van der Waals surface area contributed by atoms with Gasteiger partial charge in [0.25, 0.3) is 5.91 Å². The summed E-state index contributed by atoms with van der Waals surface area (Å²) >= 11 is 0. The van der Waals surface area contributed by atoms with Crippen LogP contribution in [0.5, 0.6) is 0 Å². The third-order valence-corrected chi connectivity index (χ3v) is 4.83. The van der Waals surface area contributed by atoms with Crippen LogP contribution in [0.1, 0.15) is 35.5 Å². The molecule has 0 saturated carbocycles. The summed E-state index contributed by atoms with van der Waals surface area (Å²) in [7, 11) is 0. The Balaban J connectivity index is 1.63. The van der Waals surface area contributed by atoms with Crippen LogP contribution in [0.3, 0.4) is 0 Å². The average Bonchev–Trinajstić information content (AvgIpc) is 2.74. The highest BCUT2D eigenvalue weighted by Crippen LogP contribution is 2.19. The maximum Gasteiger partial charge on any atom is 0.274 e. The van der Waals surface area contributed by atoms with Gasteiger partial charge in [0.05, 0.1) is 0 Å². The zero-order valence-corrected chi connectivity index (χ0v) is 17.3. The average molecular weight is 389 g/mol. The van der Waals surface area contributed by atoms with Gasteiger partial charge < -0.3 is 15.5 Å². The van der Waals surface area contributed by atoms with Gasteiger partial charge in [-0.2, -0.15) is 0 Å². The zero-order chi connectivity index (χ0) is 20.6. The van der Waals surface area contributed by atoms with E-state index in [-0.39, 0.29) is 5.91 Å². The van der Waals surface area contributed by atoms with Crippen LogP contribution in [0, 0.1) is 6.92 Å². The molecule has 0 aliphatic heterocycles. The SMILES string of the molecule is CCN(CC)c1ccc(NC(=O)c2cc(NCc3cccc(C)c3)ccn2)cc1. The van der Waals surface area contributed by atoms with E-state index in [0.717, 1.165) is 30.2 Å². The summed E-state index contributed by atoms with van der Waals surface area (Å²) in [6, 6.07) is 19.9. The van der Waals surface area contributed by atoms with E-state index in [2.05, 4.69) is 59.5 Å². The van der Waals surface area contributed by atoms with Crippen molar-refractivity contribution >= 4 is 23.0 Å². The molecule has 2 N–H and O–H groups in total. The van der Waals surface area contributed by atoms with Crippen LogP contribution in [0.2, 0.25) is 0 Å². The van der Waals surface area contributed by atoms with Gasteiger partial charge in [-0.3, -0.25) is 9.78 Å². The fraction of sp³-hybridized carbons (Fsp3) is 0.250. The van der Waals surface area contributed by atoms with Crippen LogP contribution in [-0.4, -0.2) is 24.0 Å². The molecule has 0 unspecified atom stereocenters. The lowest BCUT2D eigenvalue weighted by atomic mass is 10.1. The van der Waals surface area contributed by atoms with Crippen molar-refractivity contribution in [1.29, 1.82) is 0 Å². The van der Waals surface area contributed by atoms with Crippen molar-refractivity contribution in [3.63, 3.8) is 0 Å². The van der Waals surface area contributed by atoms with E-state index in [1.54, 1.807) is 12.3 Å². The lowest BCUT2D eigenvalue weighted by Gasteiger charge is -2.21. The number of nitrogens with one attached hydrogen (secondary N) is 2. The molecule has 0 saturated heterocycles. The molecular weight excluding hydrogens is 360 g/mol. The van der Waals surface area contributed by atoms with Crippen molar-refractivity contribution in [2.75, 3.05) is 28.6 Å². The number of hydrogen-bond acceptors (Lipinski definition) is 4. The lowest BCUT2D eigenvalue weighted by molar-refractivity contribution is 0.102. The Labute approximate surface area is 172 Å². The van der Waals surface area contributed by atoms with E-state index in [1.165, 1.54) is 11.1 Å². The smallest absolute Gasteiger partial charge is 0.274 e. The maximum atomic E-state index is 12.6. The second kappa shape index (κ2) is 9.73. The van der Waals surface area contributed by atoms with Gasteiger partial charge in [0.15, 0.2) is 0 Å². The van der Waals surface area contributed by atoms with Crippen LogP contribution in [0.25, 0.3) is 0 Å². The molecule has 1 amide bonds. The monoisotopic (exact) mass is 388 g/mol. The summed E-state index contributed by atoms with van der Waals surface area (Å²) in [5.41, 5.74) is 5.57. The van der Waals surface area contributed by atoms with Crippen LogP contribution >= 0.6 is 0 Å². The van der Waals surface area contributed by atoms with Crippen LogP contribution < -0.4 is 15.5 Å². The summed E-state index contributed by atoms with van der Waals surface area (Å²) in [5.74, 6) is -0.222. The number of aryl methyl sites for hydroxylation is 1. The minimum absolute atomic E-state index is 0.222. The number of nitrogens with zero attached hydrogens (tertiary/aromatic N) is 2. The van der Waals surface area contributed by atoms with Crippen molar-refractivity contribution in [3.8, 4) is 0 Å². The molecule has 0 spiro atoms. The molecule has 0 fully saturated rings. The molecule has 150 valence electrons. The van der Waals surface area contributed by atoms with Crippen molar-refractivity contribution < 1.29 is 4.79 Å². The Morgan fingerprint density at radius 3 is 2.41 bits per heavy atom. The molecule has 3 rings (SSSR count). The zero-order valence-electron chi connectivity index (χ0n) is 17.3. The Bertz CT molecular complexity index is 949. The predicted molar refractivity (Wildman–Crippen MR) is 121 cm³/mol. The second-order valence-corrected chi connectivity index (χ2v) is 6.95. The number of benzene rings is 2. The fourth-order valence-corrected chi connectivity index (χ4v) is 3.23. The topological polar surface area (TPSA) is 57.3 Å². The first kappa shape index (κ1) is 20.4. The summed E-state index contributed by atoms with van der Waals surface area (Å²) in [6.45, 7) is 8.94. The Kier molecular flexibility index (Phi) is 6.85. The number of carbonyl (C=O) groups is 1. The highest BCUT2D eigenvalue weighted by Gasteiger charge is 2.09. The van der Waals surface area contributed by atoms with E-state index < -0.39 is 0 Å². The number of hydrogen-bond donors (Lipinski definition) is 2. The van der Waals surface area contributed by atoms with Gasteiger partial charge in [0, 0.05) is 42.9 Å². The summed E-state index contributed by atoms with van der Waals surface area (Å²) < 4.78 is 0. The number of pyridine rings is 1. The van der Waals surface area contributed by atoms with Gasteiger partial charge in [-0.05, 0) is 62.7 Å². The van der Waals surface area contributed by atoms with Gasteiger partial charge in [-0.25, -0.2) is 0 Å². The van der Waals surface area contributed by atoms with Crippen molar-refractivity contribution in [1.82, 2.24) is 4.98 Å². The summed E-state index contributed by atoms with van der Waals surface area (Å²) in [6.07, 6.45) is 1.65. The van der Waals surface area contributed by atoms with Gasteiger partial charge in [-0.1, -0.05) is 29.8 Å². The minimum Gasteiger partial charge on any atom is -0.381 e. The standard InChI is InChI=1S/C24H28N4O/c1-4-28(5-2)22-11-9-20(10-12-22)27-24(29)23-16-21(13-14-25-23)26-17-19-8-6-7-18(3)15-19/h6-16H,4-5,17H2,1-3H3,(H,25,26)(H,27,29). The lowest BCUT2D eigenvalue weighted by Crippen LogP contribution is -2.21. The summed E-state index contributed by atoms with van der Waals surface area (Å²) in [4.78, 5) is 19.1. The largest absolute Gasteiger partial charge is 0.381 e. The molecule has 1 heterocycles. The normalized spacial score (nSPS) is 10.4. The van der Waals surface area contributed by atoms with E-state index in [0.29, 0.717) is 12.2 Å². The molecule has 0 atom stereocenters. The Morgan fingerprint density at radius 2 is 1.72 bits per heavy atom. The quantitative estimate of drug-likeness (QED) is 0.564. The third kappa shape index (κ3) is 5.57. The first-order valence-corrected chi connectivity index (χ1v) is 10.0. The van der Waals surface area contributed by atoms with Gasteiger partial charge >= 0.3 is 0 Å². The molecule has 5 nitrogen and oxygen atoms in total. The van der Waals surface area contributed by atoms with Gasteiger partial charge in [0.1, 0.15) is 5.69 Å². The molecule has 1 aromatic heterocycles. The second-order valence-electron chi connectivity index (χ2n) is 6.95. The van der Waals surface area contributed by atoms with Crippen LogP contribution in [-0.2, 0) is 6.54 Å². The molecule has 3 aromatic rings. The molecule has 2 aromatic carbocycles. The number of amides is 1. The Morgan fingerprint density at radius 1 is 0.966 bits per heavy atom. The molecule has 5 heteroatoms. The maximum absolute atomic E-state index is 12.6. The first-order valence-electron chi connectivity index (χ1n) is 10.0. The highest BCUT2D eigenvalue weighted by molar-refractivity contribution is 6.03. The van der Waals surface area contributed by atoms with Gasteiger partial charge in [0.2, 0.25) is 0 Å². The van der Waals surface area contributed by atoms with Crippen molar-refractivity contribution in [2.45, 2.75) is 27.3 Å². The molecule has 29 heavy (non-hydrogen) atoms. The van der Waals surface area contributed by atoms with E-state index in [9.17, 15) is 4.79 Å². The molecule has 0 bridgehead atoms. The van der Waals surface area contributed by atoms with E-state index >= 15 is 0 Å². The minimum atomic E-state index is -0.222. The molecule has 0 radical (unpaired) electrons. The number of anilines is 3. The molecule has 0 aliphatic rings. The number of rotatable bonds is 8. The third-order valence-electron chi connectivity index (χ3n) is 4.83. The van der Waals surface area contributed by atoms with Crippen LogP contribution in [0.4, 0.5) is 17.1 Å². The highest BCUT2D eigenvalue weighted by atomic mass is 16.1. The van der Waals surface area contributed by atoms with E-state index in [1.807, 2.05) is 36.4 Å². The molecule has 0 aliphatic carbocycles. The van der Waals surface area contributed by atoms with Crippen molar-refractivity contribution in [3.05, 3.63) is 83.7 Å². The van der Waals surface area contributed by atoms with Crippen molar-refractivity contribution in [2.24, 2.45) is 0 Å². The summed E-state index contributed by atoms with van der Waals surface area (Å²) in [5, 5.41) is 6.28. The predicted octanol–water partition coefficient (Wildman–Crippen LogP) is 5.10. The van der Waals surface area contributed by atoms with Crippen LogP contribution in [0.15, 0.2) is 66.9 Å². The van der Waals surface area contributed by atoms with Gasteiger partial charge in [-0.15, -0.1) is 0 Å². The number of aromatic nitrogens is 1. The number of carbonyl (C=O) groups excluding carboxylic acids is 1.